The number of thioether (sulfide) groups is 1. The van der Waals surface area contributed by atoms with Gasteiger partial charge in [-0.25, -0.2) is 0 Å². The van der Waals surface area contributed by atoms with E-state index >= 15 is 0 Å². The normalized spacial score (nSPS) is 16.7. The van der Waals surface area contributed by atoms with Gasteiger partial charge in [-0.2, -0.15) is 0 Å². The number of carbonyl (C=O) groups is 1. The van der Waals surface area contributed by atoms with Gasteiger partial charge in [0.2, 0.25) is 11.0 Å². The van der Waals surface area contributed by atoms with Crippen molar-refractivity contribution >= 4 is 45.5 Å². The number of carbonyl (C=O) groups excluding carboxylic acids is 1. The highest BCUT2D eigenvalue weighted by Crippen LogP contribution is 2.29. The third-order valence-corrected chi connectivity index (χ3v) is 6.56. The van der Waals surface area contributed by atoms with Crippen LogP contribution in [0.5, 0.6) is 0 Å². The van der Waals surface area contributed by atoms with Crippen molar-refractivity contribution in [3.63, 3.8) is 0 Å². The fourth-order valence-electron chi connectivity index (χ4n) is 2.77. The molecule has 4 heterocycles. The van der Waals surface area contributed by atoms with E-state index in [0.717, 1.165) is 40.3 Å². The molecule has 1 N–H and O–H groups in total. The van der Waals surface area contributed by atoms with Crippen LogP contribution in [0, 0.1) is 6.92 Å². The van der Waals surface area contributed by atoms with Crippen molar-refractivity contribution in [1.82, 2.24) is 25.0 Å². The summed E-state index contributed by atoms with van der Waals surface area (Å²) in [7, 11) is 0. The molecule has 1 unspecified atom stereocenters. The number of thiophene rings is 1. The number of rotatable bonds is 7. The summed E-state index contributed by atoms with van der Waals surface area (Å²) >= 11 is 4.34. The van der Waals surface area contributed by atoms with Crippen molar-refractivity contribution in [3.8, 4) is 10.7 Å². The summed E-state index contributed by atoms with van der Waals surface area (Å²) < 4.78 is 7.85. The third kappa shape index (κ3) is 4.54. The van der Waals surface area contributed by atoms with E-state index in [1.807, 2.05) is 24.4 Å². The Morgan fingerprint density at radius 3 is 3.04 bits per heavy atom. The second-order valence-electron chi connectivity index (χ2n) is 5.99. The van der Waals surface area contributed by atoms with E-state index in [9.17, 15) is 4.79 Å². The van der Waals surface area contributed by atoms with Crippen molar-refractivity contribution in [2.75, 3.05) is 17.7 Å². The van der Waals surface area contributed by atoms with Crippen LogP contribution in [-0.4, -0.2) is 49.3 Å². The maximum atomic E-state index is 12.2. The van der Waals surface area contributed by atoms with Crippen LogP contribution >= 0.6 is 34.4 Å². The Labute approximate surface area is 168 Å². The molecule has 27 heavy (non-hydrogen) atoms. The average Bonchev–Trinajstić information content (AvgIpc) is 3.42. The van der Waals surface area contributed by atoms with Gasteiger partial charge in [0.05, 0.1) is 23.3 Å². The van der Waals surface area contributed by atoms with Crippen LogP contribution in [0.2, 0.25) is 0 Å². The van der Waals surface area contributed by atoms with E-state index in [1.54, 1.807) is 11.3 Å². The number of amides is 1. The molecule has 0 radical (unpaired) electrons. The van der Waals surface area contributed by atoms with Gasteiger partial charge >= 0.3 is 0 Å². The lowest BCUT2D eigenvalue weighted by molar-refractivity contribution is -0.113. The summed E-state index contributed by atoms with van der Waals surface area (Å²) in [6, 6.07) is 4.02. The molecule has 1 atom stereocenters. The van der Waals surface area contributed by atoms with Gasteiger partial charge in [0.1, 0.15) is 5.01 Å². The summed E-state index contributed by atoms with van der Waals surface area (Å²) in [6.45, 7) is 3.34. The molecule has 8 nitrogen and oxygen atoms in total. The number of aromatic nitrogens is 5. The molecule has 1 fully saturated rings. The lowest BCUT2D eigenvalue weighted by Gasteiger charge is -2.14. The van der Waals surface area contributed by atoms with E-state index in [0.29, 0.717) is 11.7 Å². The number of anilines is 1. The van der Waals surface area contributed by atoms with Crippen LogP contribution in [0.3, 0.4) is 0 Å². The highest BCUT2D eigenvalue weighted by Gasteiger charge is 2.22. The molecule has 0 aliphatic carbocycles. The largest absolute Gasteiger partial charge is 0.376 e. The predicted molar refractivity (Wildman–Crippen MR) is 106 cm³/mol. The van der Waals surface area contributed by atoms with Gasteiger partial charge in [-0.15, -0.1) is 31.7 Å². The van der Waals surface area contributed by atoms with Gasteiger partial charge in [-0.3, -0.25) is 14.7 Å². The maximum Gasteiger partial charge on any atom is 0.236 e. The lowest BCUT2D eigenvalue weighted by Crippen LogP contribution is -2.18. The number of nitrogens with one attached hydrogen (secondary N) is 1. The molecule has 4 rings (SSSR count). The van der Waals surface area contributed by atoms with Crippen molar-refractivity contribution in [3.05, 3.63) is 22.5 Å². The quantitative estimate of drug-likeness (QED) is 0.585. The van der Waals surface area contributed by atoms with Gasteiger partial charge in [0.15, 0.2) is 11.0 Å². The molecule has 142 valence electrons. The first-order valence-electron chi connectivity index (χ1n) is 8.50. The molecule has 1 aliphatic rings. The zero-order chi connectivity index (χ0) is 18.6. The summed E-state index contributed by atoms with van der Waals surface area (Å²) in [4.78, 5) is 13.3. The Morgan fingerprint density at radius 2 is 2.33 bits per heavy atom. The second-order valence-corrected chi connectivity index (χ2v) is 9.06. The maximum absolute atomic E-state index is 12.2. The average molecular weight is 423 g/mol. The summed E-state index contributed by atoms with van der Waals surface area (Å²) in [5, 5.41) is 23.3. The van der Waals surface area contributed by atoms with Crippen LogP contribution in [-0.2, 0) is 16.1 Å². The summed E-state index contributed by atoms with van der Waals surface area (Å²) in [5.74, 6) is 0.913. The molecule has 1 saturated heterocycles. The van der Waals surface area contributed by atoms with E-state index in [-0.39, 0.29) is 17.8 Å². The molecular weight excluding hydrogens is 404 g/mol. The third-order valence-electron chi connectivity index (χ3n) is 3.97. The Kier molecular flexibility index (Phi) is 5.81. The summed E-state index contributed by atoms with van der Waals surface area (Å²) in [5.41, 5.74) is 0. The number of ether oxygens (including phenoxy) is 1. The molecule has 1 aliphatic heterocycles. The standard InChI is InChI=1S/C16H18N6O2S3/c1-10-18-20-15(27-10)17-13(23)9-26-16-21-19-14(12-5-3-7-25-12)22(16)8-11-4-2-6-24-11/h3,5,7,11H,2,4,6,8-9H2,1H3,(H,17,20,23). The fourth-order valence-corrected chi connectivity index (χ4v) is 4.85. The second kappa shape index (κ2) is 8.46. The highest BCUT2D eigenvalue weighted by molar-refractivity contribution is 7.99. The monoisotopic (exact) mass is 422 g/mol. The first-order valence-corrected chi connectivity index (χ1v) is 11.2. The Morgan fingerprint density at radius 1 is 1.41 bits per heavy atom. The van der Waals surface area contributed by atoms with Crippen LogP contribution in [0.1, 0.15) is 17.8 Å². The fraction of sp³-hybridized carbons (Fsp3) is 0.438. The molecule has 1 amide bonds. The Bertz CT molecular complexity index is 901. The zero-order valence-electron chi connectivity index (χ0n) is 14.6. The van der Waals surface area contributed by atoms with Gasteiger partial charge in [0, 0.05) is 6.61 Å². The van der Waals surface area contributed by atoms with E-state index in [2.05, 4.69) is 30.3 Å². The Hall–Kier alpha value is -1.82. The minimum absolute atomic E-state index is 0.138. The Balaban J connectivity index is 1.47. The summed E-state index contributed by atoms with van der Waals surface area (Å²) in [6.07, 6.45) is 2.27. The van der Waals surface area contributed by atoms with Gasteiger partial charge < -0.3 is 4.74 Å². The smallest absolute Gasteiger partial charge is 0.236 e. The SMILES string of the molecule is Cc1nnc(NC(=O)CSc2nnc(-c3cccs3)n2CC2CCCO2)s1. The number of hydrogen-bond donors (Lipinski definition) is 1. The predicted octanol–water partition coefficient (Wildman–Crippen LogP) is 3.08. The molecule has 0 spiro atoms. The van der Waals surface area contributed by atoms with Gasteiger partial charge in [-0.05, 0) is 31.2 Å². The molecular formula is C16H18N6O2S3. The van der Waals surface area contributed by atoms with E-state index in [1.165, 1.54) is 23.1 Å². The molecule has 3 aromatic rings. The lowest BCUT2D eigenvalue weighted by atomic mass is 10.2. The molecule has 11 heteroatoms. The van der Waals surface area contributed by atoms with E-state index in [4.69, 9.17) is 4.74 Å². The zero-order valence-corrected chi connectivity index (χ0v) is 17.1. The van der Waals surface area contributed by atoms with Crippen molar-refractivity contribution < 1.29 is 9.53 Å². The first-order chi connectivity index (χ1) is 13.2. The van der Waals surface area contributed by atoms with Crippen LogP contribution in [0.4, 0.5) is 5.13 Å². The van der Waals surface area contributed by atoms with Crippen molar-refractivity contribution in [1.29, 1.82) is 0 Å². The van der Waals surface area contributed by atoms with Crippen molar-refractivity contribution in [2.24, 2.45) is 0 Å². The number of nitrogens with zero attached hydrogens (tertiary/aromatic N) is 5. The number of aryl methyl sites for hydroxylation is 1. The first kappa shape index (κ1) is 18.5. The molecule has 0 aromatic carbocycles. The van der Waals surface area contributed by atoms with Crippen LogP contribution in [0.25, 0.3) is 10.7 Å². The van der Waals surface area contributed by atoms with Gasteiger partial charge in [0.25, 0.3) is 0 Å². The van der Waals surface area contributed by atoms with Crippen molar-refractivity contribution in [2.45, 2.75) is 37.6 Å². The topological polar surface area (TPSA) is 94.8 Å². The van der Waals surface area contributed by atoms with Gasteiger partial charge in [-0.1, -0.05) is 29.2 Å². The minimum Gasteiger partial charge on any atom is -0.376 e. The van der Waals surface area contributed by atoms with Crippen LogP contribution < -0.4 is 5.32 Å². The molecule has 0 saturated carbocycles. The van der Waals surface area contributed by atoms with Crippen LogP contribution in [0.15, 0.2) is 22.7 Å². The molecule has 3 aromatic heterocycles. The van der Waals surface area contributed by atoms with E-state index < -0.39 is 0 Å². The minimum atomic E-state index is -0.138. The number of hydrogen-bond acceptors (Lipinski definition) is 9. The molecule has 0 bridgehead atoms. The highest BCUT2D eigenvalue weighted by atomic mass is 32.2.